The first kappa shape index (κ1) is 11.7. The molecule has 88 valence electrons. The molecule has 0 saturated carbocycles. The highest BCUT2D eigenvalue weighted by Crippen LogP contribution is 2.24. The van der Waals surface area contributed by atoms with Crippen molar-refractivity contribution in [2.45, 2.75) is 6.54 Å². The van der Waals surface area contributed by atoms with Crippen molar-refractivity contribution >= 4 is 0 Å². The van der Waals surface area contributed by atoms with E-state index < -0.39 is 0 Å². The number of benzene rings is 2. The average molecular weight is 233 g/mol. The predicted octanol–water partition coefficient (Wildman–Crippen LogP) is 3.35. The molecular formula is C14H13F2N. The van der Waals surface area contributed by atoms with Gasteiger partial charge in [0.1, 0.15) is 11.6 Å². The van der Waals surface area contributed by atoms with Crippen molar-refractivity contribution in [3.63, 3.8) is 0 Å². The van der Waals surface area contributed by atoms with Gasteiger partial charge in [-0.25, -0.2) is 8.78 Å². The van der Waals surface area contributed by atoms with Gasteiger partial charge in [-0.15, -0.1) is 0 Å². The summed E-state index contributed by atoms with van der Waals surface area (Å²) in [7, 11) is 1.82. The molecule has 3 heteroatoms. The van der Waals surface area contributed by atoms with E-state index in [1.54, 1.807) is 24.3 Å². The first-order chi connectivity index (χ1) is 8.20. The van der Waals surface area contributed by atoms with Crippen molar-refractivity contribution in [2.75, 3.05) is 7.05 Å². The Morgan fingerprint density at radius 1 is 1.06 bits per heavy atom. The minimum absolute atomic E-state index is 0.338. The summed E-state index contributed by atoms with van der Waals surface area (Å²) in [5.41, 5.74) is 1.95. The Bertz CT molecular complexity index is 523. The summed E-state index contributed by atoms with van der Waals surface area (Å²) in [6.07, 6.45) is 0. The van der Waals surface area contributed by atoms with E-state index in [1.165, 1.54) is 18.2 Å². The van der Waals surface area contributed by atoms with Crippen LogP contribution in [0.25, 0.3) is 11.1 Å². The van der Waals surface area contributed by atoms with E-state index in [9.17, 15) is 8.78 Å². The average Bonchev–Trinajstić information content (AvgIpc) is 2.32. The van der Waals surface area contributed by atoms with Gasteiger partial charge in [-0.3, -0.25) is 0 Å². The molecular weight excluding hydrogens is 220 g/mol. The highest BCUT2D eigenvalue weighted by molar-refractivity contribution is 5.64. The molecule has 1 nitrogen and oxygen atoms in total. The molecule has 2 rings (SSSR count). The van der Waals surface area contributed by atoms with Crippen LogP contribution in [0.2, 0.25) is 0 Å². The summed E-state index contributed by atoms with van der Waals surface area (Å²) in [5, 5.41) is 3.00. The molecule has 0 aromatic heterocycles. The number of nitrogens with one attached hydrogen (secondary N) is 1. The van der Waals surface area contributed by atoms with E-state index in [-0.39, 0.29) is 11.6 Å². The lowest BCUT2D eigenvalue weighted by molar-refractivity contribution is 0.624. The van der Waals surface area contributed by atoms with Gasteiger partial charge in [0.05, 0.1) is 0 Å². The van der Waals surface area contributed by atoms with Crippen LogP contribution in [0.3, 0.4) is 0 Å². The first-order valence-corrected chi connectivity index (χ1v) is 5.39. The highest BCUT2D eigenvalue weighted by Gasteiger charge is 2.06. The van der Waals surface area contributed by atoms with Crippen LogP contribution in [-0.2, 0) is 6.54 Å². The topological polar surface area (TPSA) is 12.0 Å². The largest absolute Gasteiger partial charge is 0.316 e. The van der Waals surface area contributed by atoms with Gasteiger partial charge in [0.25, 0.3) is 0 Å². The third kappa shape index (κ3) is 2.68. The second-order valence-electron chi connectivity index (χ2n) is 3.85. The van der Waals surface area contributed by atoms with Gasteiger partial charge in [0, 0.05) is 12.1 Å². The van der Waals surface area contributed by atoms with Crippen LogP contribution < -0.4 is 5.32 Å². The van der Waals surface area contributed by atoms with Crippen LogP contribution >= 0.6 is 0 Å². The second-order valence-corrected chi connectivity index (χ2v) is 3.85. The zero-order valence-electron chi connectivity index (χ0n) is 9.50. The zero-order valence-corrected chi connectivity index (χ0v) is 9.50. The maximum Gasteiger partial charge on any atom is 0.131 e. The molecule has 2 aromatic rings. The van der Waals surface area contributed by atoms with Gasteiger partial charge in [-0.1, -0.05) is 18.2 Å². The molecule has 0 aliphatic heterocycles. The van der Waals surface area contributed by atoms with Crippen LogP contribution in [0.15, 0.2) is 42.5 Å². The molecule has 0 aliphatic carbocycles. The van der Waals surface area contributed by atoms with Gasteiger partial charge in [-0.2, -0.15) is 0 Å². The van der Waals surface area contributed by atoms with Crippen molar-refractivity contribution in [1.82, 2.24) is 5.32 Å². The molecule has 0 aliphatic rings. The summed E-state index contributed by atoms with van der Waals surface area (Å²) >= 11 is 0. The Morgan fingerprint density at radius 2 is 1.88 bits per heavy atom. The van der Waals surface area contributed by atoms with E-state index in [2.05, 4.69) is 5.32 Å². The molecule has 17 heavy (non-hydrogen) atoms. The molecule has 0 radical (unpaired) electrons. The van der Waals surface area contributed by atoms with Crippen LogP contribution in [-0.4, -0.2) is 7.05 Å². The van der Waals surface area contributed by atoms with E-state index in [0.29, 0.717) is 17.7 Å². The van der Waals surface area contributed by atoms with Crippen molar-refractivity contribution in [2.24, 2.45) is 0 Å². The molecule has 0 saturated heterocycles. The molecule has 0 spiro atoms. The summed E-state index contributed by atoms with van der Waals surface area (Å²) in [6.45, 7) is 0.655. The Kier molecular flexibility index (Phi) is 3.49. The molecule has 0 amide bonds. The summed E-state index contributed by atoms with van der Waals surface area (Å²) in [6, 6.07) is 10.8. The lowest BCUT2D eigenvalue weighted by Gasteiger charge is -2.07. The van der Waals surface area contributed by atoms with E-state index in [4.69, 9.17) is 0 Å². The minimum atomic E-state index is -0.360. The zero-order chi connectivity index (χ0) is 12.3. The van der Waals surface area contributed by atoms with Crippen molar-refractivity contribution < 1.29 is 8.78 Å². The fraction of sp³-hybridized carbons (Fsp3) is 0.143. The maximum atomic E-state index is 13.7. The van der Waals surface area contributed by atoms with Gasteiger partial charge in [0.2, 0.25) is 0 Å². The Morgan fingerprint density at radius 3 is 2.59 bits per heavy atom. The number of rotatable bonds is 3. The van der Waals surface area contributed by atoms with Gasteiger partial charge < -0.3 is 5.32 Å². The van der Waals surface area contributed by atoms with Crippen molar-refractivity contribution in [3.8, 4) is 11.1 Å². The third-order valence-electron chi connectivity index (χ3n) is 2.55. The van der Waals surface area contributed by atoms with Crippen LogP contribution in [0.4, 0.5) is 8.78 Å². The molecule has 1 N–H and O–H groups in total. The summed E-state index contributed by atoms with van der Waals surface area (Å²) in [4.78, 5) is 0. The minimum Gasteiger partial charge on any atom is -0.316 e. The standard InChI is InChI=1S/C14H13F2N/c1-17-9-10-5-6-14(16)13(7-10)11-3-2-4-12(15)8-11/h2-8,17H,9H2,1H3. The Labute approximate surface area is 99.1 Å². The van der Waals surface area contributed by atoms with Crippen molar-refractivity contribution in [1.29, 1.82) is 0 Å². The van der Waals surface area contributed by atoms with Gasteiger partial charge in [-0.05, 0) is 42.4 Å². The van der Waals surface area contributed by atoms with Crippen LogP contribution in [0.5, 0.6) is 0 Å². The Balaban J connectivity index is 2.46. The summed E-state index contributed by atoms with van der Waals surface area (Å²) < 4.78 is 26.8. The molecule has 2 aromatic carbocycles. The van der Waals surface area contributed by atoms with Crippen LogP contribution in [0.1, 0.15) is 5.56 Å². The highest BCUT2D eigenvalue weighted by atomic mass is 19.1. The SMILES string of the molecule is CNCc1ccc(F)c(-c2cccc(F)c2)c1. The van der Waals surface area contributed by atoms with Crippen LogP contribution in [0, 0.1) is 11.6 Å². The molecule has 0 heterocycles. The number of hydrogen-bond donors (Lipinski definition) is 1. The molecule has 0 atom stereocenters. The molecule has 0 bridgehead atoms. The number of hydrogen-bond acceptors (Lipinski definition) is 1. The first-order valence-electron chi connectivity index (χ1n) is 5.39. The summed E-state index contributed by atoms with van der Waals surface area (Å²) in [5.74, 6) is -0.698. The molecule has 0 unspecified atom stereocenters. The van der Waals surface area contributed by atoms with E-state index in [1.807, 2.05) is 7.05 Å². The monoisotopic (exact) mass is 233 g/mol. The predicted molar refractivity (Wildman–Crippen MR) is 64.6 cm³/mol. The van der Waals surface area contributed by atoms with Crippen molar-refractivity contribution in [3.05, 3.63) is 59.7 Å². The van der Waals surface area contributed by atoms with Gasteiger partial charge in [0.15, 0.2) is 0 Å². The molecule has 0 fully saturated rings. The fourth-order valence-electron chi connectivity index (χ4n) is 1.76. The normalized spacial score (nSPS) is 10.5. The van der Waals surface area contributed by atoms with E-state index in [0.717, 1.165) is 5.56 Å². The third-order valence-corrected chi connectivity index (χ3v) is 2.55. The maximum absolute atomic E-state index is 13.7. The quantitative estimate of drug-likeness (QED) is 0.857. The fourth-order valence-corrected chi connectivity index (χ4v) is 1.76. The smallest absolute Gasteiger partial charge is 0.131 e. The Hall–Kier alpha value is -1.74. The number of halogens is 2. The van der Waals surface area contributed by atoms with E-state index >= 15 is 0 Å². The second kappa shape index (κ2) is 5.06. The lowest BCUT2D eigenvalue weighted by Crippen LogP contribution is -2.05. The van der Waals surface area contributed by atoms with Gasteiger partial charge >= 0.3 is 0 Å². The lowest BCUT2D eigenvalue weighted by atomic mass is 10.0.